The van der Waals surface area contributed by atoms with Crippen LogP contribution in [0.3, 0.4) is 0 Å². The van der Waals surface area contributed by atoms with Crippen molar-refractivity contribution in [2.45, 2.75) is 19.9 Å². The Hall–Kier alpha value is -0.540. The van der Waals surface area contributed by atoms with E-state index in [2.05, 4.69) is 5.10 Å². The van der Waals surface area contributed by atoms with E-state index in [1.54, 1.807) is 10.9 Å². The Kier molecular flexibility index (Phi) is 4.28. The SMILES string of the molecule is CC(C)n1cc(C(=O)Cl)cn1.Cl. The number of carbonyl (C=O) groups excluding carboxylic acids is 1. The van der Waals surface area contributed by atoms with E-state index >= 15 is 0 Å². The van der Waals surface area contributed by atoms with E-state index in [0.29, 0.717) is 5.56 Å². The summed E-state index contributed by atoms with van der Waals surface area (Å²) in [6, 6.07) is 0.264. The van der Waals surface area contributed by atoms with E-state index in [9.17, 15) is 4.79 Å². The highest BCUT2D eigenvalue weighted by Crippen LogP contribution is 2.06. The standard InChI is InChI=1S/C7H9ClN2O.ClH/c1-5(2)10-4-6(3-9-10)7(8)11;/h3-5H,1-2H3;1H. The Morgan fingerprint density at radius 3 is 2.50 bits per heavy atom. The van der Waals surface area contributed by atoms with Gasteiger partial charge in [0.15, 0.2) is 0 Å². The minimum absolute atomic E-state index is 0. The minimum Gasteiger partial charge on any atom is -0.275 e. The first-order chi connectivity index (χ1) is 5.11. The highest BCUT2D eigenvalue weighted by atomic mass is 35.5. The summed E-state index contributed by atoms with van der Waals surface area (Å²) < 4.78 is 1.69. The number of halogens is 2. The zero-order chi connectivity index (χ0) is 8.43. The summed E-state index contributed by atoms with van der Waals surface area (Å²) in [5.41, 5.74) is 0.445. The Morgan fingerprint density at radius 2 is 2.25 bits per heavy atom. The summed E-state index contributed by atoms with van der Waals surface area (Å²) in [6.07, 6.45) is 3.11. The predicted octanol–water partition coefficient (Wildman–Crippen LogP) is 2.26. The van der Waals surface area contributed by atoms with Crippen LogP contribution in [0, 0.1) is 0 Å². The van der Waals surface area contributed by atoms with Gasteiger partial charge in [-0.25, -0.2) is 0 Å². The second-order valence-corrected chi connectivity index (χ2v) is 2.92. The van der Waals surface area contributed by atoms with Gasteiger partial charge < -0.3 is 0 Å². The second kappa shape index (κ2) is 4.48. The van der Waals surface area contributed by atoms with Gasteiger partial charge in [-0.1, -0.05) is 0 Å². The molecule has 68 valence electrons. The Morgan fingerprint density at radius 1 is 1.67 bits per heavy atom. The lowest BCUT2D eigenvalue weighted by Crippen LogP contribution is -2.00. The second-order valence-electron chi connectivity index (χ2n) is 2.58. The molecule has 1 aromatic heterocycles. The molecule has 1 rings (SSSR count). The lowest BCUT2D eigenvalue weighted by atomic mass is 10.4. The summed E-state index contributed by atoms with van der Waals surface area (Å²) in [4.78, 5) is 10.6. The number of rotatable bonds is 2. The Labute approximate surface area is 82.1 Å². The third-order valence-corrected chi connectivity index (χ3v) is 1.58. The lowest BCUT2D eigenvalue weighted by molar-refractivity contribution is 0.108. The first-order valence-corrected chi connectivity index (χ1v) is 3.73. The first-order valence-electron chi connectivity index (χ1n) is 3.35. The molecule has 0 radical (unpaired) electrons. The zero-order valence-electron chi connectivity index (χ0n) is 6.82. The Balaban J connectivity index is 0.00000121. The molecule has 0 unspecified atom stereocenters. The van der Waals surface area contributed by atoms with Crippen molar-refractivity contribution in [3.05, 3.63) is 18.0 Å². The molecule has 5 heteroatoms. The summed E-state index contributed by atoms with van der Waals surface area (Å²) >= 11 is 5.23. The summed E-state index contributed by atoms with van der Waals surface area (Å²) in [6.45, 7) is 3.96. The van der Waals surface area contributed by atoms with Gasteiger partial charge in [0, 0.05) is 12.2 Å². The van der Waals surface area contributed by atoms with Crippen molar-refractivity contribution < 1.29 is 4.79 Å². The smallest absolute Gasteiger partial charge is 0.255 e. The third kappa shape index (κ3) is 2.50. The third-order valence-electron chi connectivity index (χ3n) is 1.36. The van der Waals surface area contributed by atoms with E-state index in [-0.39, 0.29) is 18.4 Å². The van der Waals surface area contributed by atoms with E-state index in [4.69, 9.17) is 11.6 Å². The monoisotopic (exact) mass is 208 g/mol. The van der Waals surface area contributed by atoms with Gasteiger partial charge in [0.05, 0.1) is 11.8 Å². The predicted molar refractivity (Wildman–Crippen MR) is 50.0 cm³/mol. The van der Waals surface area contributed by atoms with Crippen LogP contribution in [-0.2, 0) is 0 Å². The van der Waals surface area contributed by atoms with E-state index in [0.717, 1.165) is 0 Å². The molecule has 0 atom stereocenters. The molecule has 0 aliphatic heterocycles. The maximum atomic E-state index is 10.6. The van der Waals surface area contributed by atoms with Crippen molar-refractivity contribution in [2.75, 3.05) is 0 Å². The van der Waals surface area contributed by atoms with Crippen LogP contribution < -0.4 is 0 Å². The normalized spacial score (nSPS) is 9.67. The van der Waals surface area contributed by atoms with Gasteiger partial charge in [0.1, 0.15) is 0 Å². The lowest BCUT2D eigenvalue weighted by Gasteiger charge is -2.02. The van der Waals surface area contributed by atoms with Crippen LogP contribution in [-0.4, -0.2) is 15.0 Å². The van der Waals surface area contributed by atoms with Crippen LogP contribution in [0.1, 0.15) is 30.2 Å². The molecule has 0 amide bonds. The molecule has 0 aliphatic carbocycles. The molecule has 3 nitrogen and oxygen atoms in total. The summed E-state index contributed by atoms with van der Waals surface area (Å²) in [7, 11) is 0. The minimum atomic E-state index is -0.461. The summed E-state index contributed by atoms with van der Waals surface area (Å²) in [5.74, 6) is 0. The average molecular weight is 209 g/mol. The number of carbonyl (C=O) groups is 1. The van der Waals surface area contributed by atoms with Gasteiger partial charge in [-0.15, -0.1) is 12.4 Å². The highest BCUT2D eigenvalue weighted by Gasteiger charge is 2.05. The van der Waals surface area contributed by atoms with Gasteiger partial charge in [0.2, 0.25) is 0 Å². The molecule has 0 bridgehead atoms. The maximum Gasteiger partial charge on any atom is 0.255 e. The van der Waals surface area contributed by atoms with Crippen molar-refractivity contribution in [3.8, 4) is 0 Å². The molecular formula is C7H10Cl2N2O. The van der Waals surface area contributed by atoms with Gasteiger partial charge >= 0.3 is 0 Å². The van der Waals surface area contributed by atoms with Crippen molar-refractivity contribution in [1.82, 2.24) is 9.78 Å². The molecule has 0 saturated heterocycles. The van der Waals surface area contributed by atoms with Crippen LogP contribution in [0.25, 0.3) is 0 Å². The summed E-state index contributed by atoms with van der Waals surface area (Å²) in [5, 5.41) is 3.49. The van der Waals surface area contributed by atoms with Crippen molar-refractivity contribution in [1.29, 1.82) is 0 Å². The molecule has 0 saturated carbocycles. The molecule has 1 heterocycles. The van der Waals surface area contributed by atoms with Gasteiger partial charge in [-0.3, -0.25) is 9.48 Å². The molecule has 0 aliphatic rings. The topological polar surface area (TPSA) is 34.9 Å². The maximum absolute atomic E-state index is 10.6. The van der Waals surface area contributed by atoms with Crippen LogP contribution in [0.4, 0.5) is 0 Å². The largest absolute Gasteiger partial charge is 0.275 e. The fourth-order valence-corrected chi connectivity index (χ4v) is 0.820. The number of hydrogen-bond donors (Lipinski definition) is 0. The van der Waals surface area contributed by atoms with Crippen molar-refractivity contribution in [2.24, 2.45) is 0 Å². The van der Waals surface area contributed by atoms with Crippen molar-refractivity contribution in [3.63, 3.8) is 0 Å². The quantitative estimate of drug-likeness (QED) is 0.700. The van der Waals surface area contributed by atoms with E-state index in [1.807, 2.05) is 13.8 Å². The number of nitrogens with zero attached hydrogens (tertiary/aromatic N) is 2. The van der Waals surface area contributed by atoms with Crippen LogP contribution >= 0.6 is 24.0 Å². The zero-order valence-corrected chi connectivity index (χ0v) is 8.39. The fourth-order valence-electron chi connectivity index (χ4n) is 0.722. The number of aromatic nitrogens is 2. The molecule has 1 aromatic rings. The fraction of sp³-hybridized carbons (Fsp3) is 0.429. The molecule has 12 heavy (non-hydrogen) atoms. The molecule has 0 fully saturated rings. The average Bonchev–Trinajstić information content (AvgIpc) is 2.33. The van der Waals surface area contributed by atoms with E-state index in [1.165, 1.54) is 6.20 Å². The number of hydrogen-bond acceptors (Lipinski definition) is 2. The Bertz CT molecular complexity index is 270. The first kappa shape index (κ1) is 11.5. The molecule has 0 aromatic carbocycles. The van der Waals surface area contributed by atoms with Gasteiger partial charge in [-0.2, -0.15) is 5.10 Å². The van der Waals surface area contributed by atoms with Crippen LogP contribution in [0.5, 0.6) is 0 Å². The van der Waals surface area contributed by atoms with Crippen LogP contribution in [0.2, 0.25) is 0 Å². The van der Waals surface area contributed by atoms with Crippen molar-refractivity contribution >= 4 is 29.3 Å². The van der Waals surface area contributed by atoms with Gasteiger partial charge in [0.25, 0.3) is 5.24 Å². The molecule has 0 N–H and O–H groups in total. The van der Waals surface area contributed by atoms with E-state index < -0.39 is 5.24 Å². The highest BCUT2D eigenvalue weighted by molar-refractivity contribution is 6.67. The van der Waals surface area contributed by atoms with Crippen LogP contribution in [0.15, 0.2) is 12.4 Å². The molecular weight excluding hydrogens is 199 g/mol. The molecule has 0 spiro atoms. The van der Waals surface area contributed by atoms with Gasteiger partial charge in [-0.05, 0) is 25.4 Å².